The van der Waals surface area contributed by atoms with Crippen molar-refractivity contribution in [2.75, 3.05) is 0 Å². The lowest BCUT2D eigenvalue weighted by molar-refractivity contribution is 0.480. The van der Waals surface area contributed by atoms with E-state index in [-0.39, 0.29) is 0 Å². The molecular formula is C25H26O. The van der Waals surface area contributed by atoms with Gasteiger partial charge in [0.05, 0.1) is 0 Å². The molecule has 1 aliphatic carbocycles. The summed E-state index contributed by atoms with van der Waals surface area (Å²) >= 11 is 0. The van der Waals surface area contributed by atoms with Crippen LogP contribution < -0.4 is 4.74 Å². The molecule has 1 heteroatoms. The van der Waals surface area contributed by atoms with Crippen LogP contribution in [0.25, 0.3) is 0 Å². The van der Waals surface area contributed by atoms with Crippen molar-refractivity contribution in [2.24, 2.45) is 0 Å². The van der Waals surface area contributed by atoms with Gasteiger partial charge in [0.25, 0.3) is 0 Å². The summed E-state index contributed by atoms with van der Waals surface area (Å²) in [6, 6.07) is 25.9. The van der Waals surface area contributed by atoms with Crippen molar-refractivity contribution < 1.29 is 4.74 Å². The van der Waals surface area contributed by atoms with Crippen LogP contribution >= 0.6 is 0 Å². The van der Waals surface area contributed by atoms with Gasteiger partial charge in [-0.25, -0.2) is 0 Å². The third-order valence-corrected chi connectivity index (χ3v) is 5.50. The van der Waals surface area contributed by atoms with Crippen molar-refractivity contribution in [1.29, 1.82) is 0 Å². The van der Waals surface area contributed by atoms with Gasteiger partial charge >= 0.3 is 0 Å². The molecule has 2 atom stereocenters. The van der Waals surface area contributed by atoms with Crippen LogP contribution in [0.2, 0.25) is 0 Å². The Bertz CT molecular complexity index is 896. The van der Waals surface area contributed by atoms with E-state index < -0.39 is 0 Å². The second-order valence-corrected chi connectivity index (χ2v) is 7.61. The average molecular weight is 342 g/mol. The summed E-state index contributed by atoms with van der Waals surface area (Å²) in [5, 5.41) is 0. The second kappa shape index (κ2) is 7.37. The second-order valence-electron chi connectivity index (χ2n) is 7.61. The molecule has 0 heterocycles. The first-order chi connectivity index (χ1) is 12.7. The molecule has 0 aromatic heterocycles. The summed E-state index contributed by atoms with van der Waals surface area (Å²) in [5.74, 6) is 3.15. The van der Waals surface area contributed by atoms with E-state index in [1.54, 1.807) is 0 Å². The molecule has 0 amide bonds. The monoisotopic (exact) mass is 342 g/mol. The molecule has 1 aliphatic rings. The van der Waals surface area contributed by atoms with Crippen molar-refractivity contribution in [3.05, 3.63) is 95.1 Å². The summed E-state index contributed by atoms with van der Waals surface area (Å²) in [4.78, 5) is 0. The van der Waals surface area contributed by atoms with Crippen LogP contribution in [0.3, 0.4) is 0 Å². The lowest BCUT2D eigenvalue weighted by Crippen LogP contribution is -1.96. The highest BCUT2D eigenvalue weighted by Crippen LogP contribution is 2.44. The molecule has 3 aromatic carbocycles. The van der Waals surface area contributed by atoms with Gasteiger partial charge in [0.1, 0.15) is 11.5 Å². The van der Waals surface area contributed by atoms with Gasteiger partial charge in [0.2, 0.25) is 0 Å². The van der Waals surface area contributed by atoms with Crippen LogP contribution in [0.4, 0.5) is 0 Å². The maximum atomic E-state index is 6.09. The van der Waals surface area contributed by atoms with Gasteiger partial charge in [-0.05, 0) is 85.9 Å². The predicted molar refractivity (Wildman–Crippen MR) is 108 cm³/mol. The third-order valence-electron chi connectivity index (χ3n) is 5.50. The predicted octanol–water partition coefficient (Wildman–Crippen LogP) is 7.15. The molecule has 132 valence electrons. The first-order valence-corrected chi connectivity index (χ1v) is 9.58. The van der Waals surface area contributed by atoms with Gasteiger partial charge in [-0.1, -0.05) is 54.1 Å². The van der Waals surface area contributed by atoms with Crippen molar-refractivity contribution in [3.63, 3.8) is 0 Å². The van der Waals surface area contributed by atoms with E-state index in [9.17, 15) is 0 Å². The molecule has 1 saturated carbocycles. The highest BCUT2D eigenvalue weighted by atomic mass is 16.5. The molecule has 2 unspecified atom stereocenters. The third kappa shape index (κ3) is 3.83. The van der Waals surface area contributed by atoms with E-state index >= 15 is 0 Å². The molecular weight excluding hydrogens is 316 g/mol. The maximum absolute atomic E-state index is 6.09. The summed E-state index contributed by atoms with van der Waals surface area (Å²) in [5.41, 5.74) is 5.49. The highest BCUT2D eigenvalue weighted by Gasteiger charge is 2.27. The number of ether oxygens (including phenoxy) is 1. The van der Waals surface area contributed by atoms with E-state index in [0.717, 1.165) is 11.5 Å². The largest absolute Gasteiger partial charge is 0.457 e. The van der Waals surface area contributed by atoms with Crippen molar-refractivity contribution in [1.82, 2.24) is 0 Å². The number of aryl methyl sites for hydroxylation is 2. The highest BCUT2D eigenvalue weighted by molar-refractivity contribution is 5.37. The summed E-state index contributed by atoms with van der Waals surface area (Å²) in [6.45, 7) is 4.27. The molecule has 1 nitrogen and oxygen atoms in total. The molecule has 0 spiro atoms. The Kier molecular flexibility index (Phi) is 4.79. The van der Waals surface area contributed by atoms with Gasteiger partial charge < -0.3 is 4.74 Å². The molecule has 1 fully saturated rings. The quantitative estimate of drug-likeness (QED) is 0.489. The molecule has 0 saturated heterocycles. The van der Waals surface area contributed by atoms with Gasteiger partial charge in [-0.15, -0.1) is 0 Å². The first kappa shape index (κ1) is 16.9. The minimum atomic E-state index is 0.626. The topological polar surface area (TPSA) is 9.23 Å². The van der Waals surface area contributed by atoms with E-state index in [1.807, 2.05) is 12.1 Å². The van der Waals surface area contributed by atoms with Crippen LogP contribution in [0.5, 0.6) is 11.5 Å². The van der Waals surface area contributed by atoms with E-state index in [4.69, 9.17) is 4.74 Å². The molecule has 0 N–H and O–H groups in total. The Morgan fingerprint density at radius 1 is 0.654 bits per heavy atom. The number of rotatable bonds is 4. The van der Waals surface area contributed by atoms with Crippen molar-refractivity contribution in [3.8, 4) is 11.5 Å². The minimum absolute atomic E-state index is 0.626. The average Bonchev–Trinajstić information content (AvgIpc) is 3.12. The van der Waals surface area contributed by atoms with Gasteiger partial charge in [-0.3, -0.25) is 0 Å². The van der Waals surface area contributed by atoms with E-state index in [0.29, 0.717) is 11.8 Å². The zero-order valence-electron chi connectivity index (χ0n) is 15.6. The summed E-state index contributed by atoms with van der Waals surface area (Å²) in [7, 11) is 0. The fraction of sp³-hybridized carbons (Fsp3) is 0.280. The van der Waals surface area contributed by atoms with E-state index in [1.165, 1.54) is 41.5 Å². The Labute approximate surface area is 156 Å². The minimum Gasteiger partial charge on any atom is -0.457 e. The fourth-order valence-corrected chi connectivity index (χ4v) is 4.16. The lowest BCUT2D eigenvalue weighted by atomic mass is 9.92. The Hall–Kier alpha value is -2.54. The smallest absolute Gasteiger partial charge is 0.127 e. The van der Waals surface area contributed by atoms with Crippen molar-refractivity contribution in [2.45, 2.75) is 44.9 Å². The molecule has 3 aromatic rings. The standard InChI is InChI=1S/C25H26O/c1-18-6-3-8-20(14-18)22-12-13-23(16-22)21-9-5-11-25(17-21)26-24-10-4-7-19(2)15-24/h3-11,14-15,17,22-23H,12-13,16H2,1-2H3. The summed E-state index contributed by atoms with van der Waals surface area (Å²) < 4.78 is 6.09. The molecule has 0 radical (unpaired) electrons. The Balaban J connectivity index is 1.48. The first-order valence-electron chi connectivity index (χ1n) is 9.58. The number of benzene rings is 3. The number of hydrogen-bond acceptors (Lipinski definition) is 1. The molecule has 0 aliphatic heterocycles. The van der Waals surface area contributed by atoms with Gasteiger partial charge in [0, 0.05) is 0 Å². The fourth-order valence-electron chi connectivity index (χ4n) is 4.16. The zero-order chi connectivity index (χ0) is 17.9. The van der Waals surface area contributed by atoms with Crippen LogP contribution in [-0.4, -0.2) is 0 Å². The van der Waals surface area contributed by atoms with Crippen LogP contribution in [0.15, 0.2) is 72.8 Å². The van der Waals surface area contributed by atoms with E-state index in [2.05, 4.69) is 74.5 Å². The maximum Gasteiger partial charge on any atom is 0.127 e. The molecule has 26 heavy (non-hydrogen) atoms. The van der Waals surface area contributed by atoms with Crippen LogP contribution in [0.1, 0.15) is 53.4 Å². The zero-order valence-corrected chi connectivity index (χ0v) is 15.6. The lowest BCUT2D eigenvalue weighted by Gasteiger charge is -2.14. The van der Waals surface area contributed by atoms with Crippen molar-refractivity contribution >= 4 is 0 Å². The molecule has 0 bridgehead atoms. The Morgan fingerprint density at radius 3 is 1.85 bits per heavy atom. The van der Waals surface area contributed by atoms with Crippen LogP contribution in [-0.2, 0) is 0 Å². The van der Waals surface area contributed by atoms with Crippen LogP contribution in [0, 0.1) is 13.8 Å². The number of hydrogen-bond donors (Lipinski definition) is 0. The molecule has 4 rings (SSSR count). The SMILES string of the molecule is Cc1cccc(Oc2cccc(C3CCC(c4cccc(C)c4)C3)c2)c1. The van der Waals surface area contributed by atoms with Gasteiger partial charge in [-0.2, -0.15) is 0 Å². The normalized spacial score (nSPS) is 19.5. The summed E-state index contributed by atoms with van der Waals surface area (Å²) in [6.07, 6.45) is 3.76. The Morgan fingerprint density at radius 2 is 1.19 bits per heavy atom. The van der Waals surface area contributed by atoms with Gasteiger partial charge in [0.15, 0.2) is 0 Å².